The van der Waals surface area contributed by atoms with Gasteiger partial charge in [-0.15, -0.1) is 0 Å². The van der Waals surface area contributed by atoms with Crippen LogP contribution in [0.15, 0.2) is 91.0 Å². The smallest absolute Gasteiger partial charge is 0.356 e. The number of pyridine rings is 3. The molecule has 1 aliphatic heterocycles. The third-order valence-electron chi connectivity index (χ3n) is 14.0. The highest BCUT2D eigenvalue weighted by Crippen LogP contribution is 2.23. The van der Waals surface area contributed by atoms with Crippen molar-refractivity contribution in [2.75, 3.05) is 99.2 Å². The molecule has 3 aromatic carbocycles. The van der Waals surface area contributed by atoms with Crippen LogP contribution in [0, 0.1) is 35.5 Å². The molecule has 1 saturated heterocycles. The van der Waals surface area contributed by atoms with E-state index >= 15 is 0 Å². The van der Waals surface area contributed by atoms with Crippen LogP contribution in [0.3, 0.4) is 0 Å². The Morgan fingerprint density at radius 3 is 0.878 bits per heavy atom. The zero-order valence-corrected chi connectivity index (χ0v) is 52.6. The van der Waals surface area contributed by atoms with Crippen molar-refractivity contribution in [3.8, 4) is 52.8 Å². The highest BCUT2D eigenvalue weighted by atomic mass is 32.2. The Hall–Kier alpha value is -8.79. The van der Waals surface area contributed by atoms with Gasteiger partial charge in [0.25, 0.3) is 30.4 Å². The molecule has 3 N–H and O–H groups in total. The molecule has 90 heavy (non-hydrogen) atoms. The number of hydrogen-bond acceptors (Lipinski definition) is 21. The van der Waals surface area contributed by atoms with Crippen LogP contribution in [0.4, 0.5) is 0 Å². The minimum Gasteiger partial charge on any atom is -0.497 e. The fourth-order valence-electron chi connectivity index (χ4n) is 9.41. The van der Waals surface area contributed by atoms with E-state index in [0.29, 0.717) is 124 Å². The van der Waals surface area contributed by atoms with Gasteiger partial charge >= 0.3 is 17.9 Å². The molecule has 474 valence electrons. The summed E-state index contributed by atoms with van der Waals surface area (Å²) in [5, 5.41) is 0. The summed E-state index contributed by atoms with van der Waals surface area (Å²) < 4.78 is 130. The van der Waals surface area contributed by atoms with E-state index in [9.17, 15) is 53.3 Å². The highest BCUT2D eigenvalue weighted by molar-refractivity contribution is 7.86. The molecule has 27 heteroatoms. The van der Waals surface area contributed by atoms with E-state index in [4.69, 9.17) is 43.4 Å². The largest absolute Gasteiger partial charge is 0.497 e. The number of benzene rings is 3. The van der Waals surface area contributed by atoms with E-state index < -0.39 is 65.5 Å². The Balaban J connectivity index is 1.26. The van der Waals surface area contributed by atoms with Crippen molar-refractivity contribution >= 4 is 48.3 Å². The normalized spacial score (nSPS) is 13.3. The second-order valence-electron chi connectivity index (χ2n) is 20.4. The Morgan fingerprint density at radius 1 is 0.400 bits per heavy atom. The fraction of sp³-hybridized carbons (Fsp3) is 0.333. The standard InChI is InChI=1S/C63H66N6O18S3/c1-82-55-16-13-46(49(37-55)19-28-88(73,74)75)10-7-43-31-52(64-58(34-43)61(70)85-4)40-67-22-24-68(41-53-32-44(35-59(65-53)62(71)86-5)8-11-47-14-17-56(83-2)38-50(47)20-29-89(76,77)78)26-27-69(25-23-67)42-54-33-45(36-60(66-54)63(72)87-6)9-12-48-15-18-57(84-3)39-51(48)21-30-90(79,80)81/h13-18,31-39H,19-30,40-42H2,1-6H3,(H,73,74,75)(H,76,77,78)(H,79,80,81). The minimum atomic E-state index is -4.32. The first-order valence-electron chi connectivity index (χ1n) is 27.7. The lowest BCUT2D eigenvalue weighted by atomic mass is 10.0. The van der Waals surface area contributed by atoms with Crippen LogP contribution in [-0.4, -0.2) is 186 Å². The Morgan fingerprint density at radius 2 is 0.656 bits per heavy atom. The number of methoxy groups -OCH3 is 6. The van der Waals surface area contributed by atoms with Crippen LogP contribution in [0.2, 0.25) is 0 Å². The van der Waals surface area contributed by atoms with Crippen molar-refractivity contribution in [1.29, 1.82) is 0 Å². The molecule has 1 aliphatic rings. The number of hydrogen-bond donors (Lipinski definition) is 3. The Labute approximate surface area is 523 Å². The third-order valence-corrected chi connectivity index (χ3v) is 16.2. The maximum absolute atomic E-state index is 13.2. The highest BCUT2D eigenvalue weighted by Gasteiger charge is 2.23. The van der Waals surface area contributed by atoms with Crippen LogP contribution < -0.4 is 14.2 Å². The SMILES string of the molecule is COC(=O)c1cc(C#Cc2ccc(OC)cc2CCS(=O)(=O)O)cc(CN2CCN(Cc3cc(C#Cc4ccc(OC)cc4CCS(=O)(=O)O)cc(C(=O)OC)n3)CCN(Cc3cc(C#Cc4ccc(OC)cc4CCS(=O)(=O)O)cc(C(=O)OC)n3)CC2)n1. The topological polar surface area (TPSA) is 318 Å². The van der Waals surface area contributed by atoms with Crippen LogP contribution in [0.1, 0.15) is 98.6 Å². The quantitative estimate of drug-likeness (QED) is 0.0385. The van der Waals surface area contributed by atoms with Gasteiger partial charge in [-0.25, -0.2) is 29.3 Å². The number of aryl methyl sites for hydroxylation is 3. The first-order valence-corrected chi connectivity index (χ1v) is 32.5. The zero-order chi connectivity index (χ0) is 65.2. The summed E-state index contributed by atoms with van der Waals surface area (Å²) in [4.78, 5) is 60.0. The summed E-state index contributed by atoms with van der Waals surface area (Å²) in [6, 6.07) is 24.5. The van der Waals surface area contributed by atoms with Gasteiger partial charge in [0, 0.05) is 92.3 Å². The van der Waals surface area contributed by atoms with Gasteiger partial charge in [0.2, 0.25) is 0 Å². The molecular weight excluding hydrogens is 1220 g/mol. The van der Waals surface area contributed by atoms with Gasteiger partial charge in [0.05, 0.1) is 77.0 Å². The molecule has 1 fully saturated rings. The number of esters is 3. The number of aromatic nitrogens is 3. The maximum atomic E-state index is 13.2. The van der Waals surface area contributed by atoms with E-state index in [-0.39, 0.29) is 56.0 Å². The van der Waals surface area contributed by atoms with Gasteiger partial charge in [-0.2, -0.15) is 25.3 Å². The average molecular weight is 1290 g/mol. The predicted octanol–water partition coefficient (Wildman–Crippen LogP) is 4.57. The molecule has 3 aromatic heterocycles. The average Bonchev–Trinajstić information content (AvgIpc) is 3.72. The maximum Gasteiger partial charge on any atom is 0.356 e. The van der Waals surface area contributed by atoms with Crippen molar-refractivity contribution in [1.82, 2.24) is 29.7 Å². The van der Waals surface area contributed by atoms with E-state index in [2.05, 4.69) is 50.2 Å². The summed E-state index contributed by atoms with van der Waals surface area (Å²) in [5.41, 5.74) is 5.28. The lowest BCUT2D eigenvalue weighted by molar-refractivity contribution is 0.0584. The molecule has 0 amide bonds. The number of nitrogens with zero attached hydrogens (tertiary/aromatic N) is 6. The molecule has 7 rings (SSSR count). The van der Waals surface area contributed by atoms with Gasteiger partial charge < -0.3 is 28.4 Å². The molecule has 0 saturated carbocycles. The van der Waals surface area contributed by atoms with Crippen LogP contribution in [0.25, 0.3) is 0 Å². The molecule has 0 aliphatic carbocycles. The lowest BCUT2D eigenvalue weighted by Gasteiger charge is -2.25. The van der Waals surface area contributed by atoms with E-state index in [1.54, 1.807) is 72.8 Å². The van der Waals surface area contributed by atoms with E-state index in [0.717, 1.165) is 0 Å². The first-order chi connectivity index (χ1) is 42.8. The summed E-state index contributed by atoms with van der Waals surface area (Å²) >= 11 is 0. The molecule has 6 aromatic rings. The summed E-state index contributed by atoms with van der Waals surface area (Å²) in [6.07, 6.45) is -0.188. The second kappa shape index (κ2) is 31.6. The molecule has 0 radical (unpaired) electrons. The van der Waals surface area contributed by atoms with Gasteiger partial charge in [-0.3, -0.25) is 28.4 Å². The van der Waals surface area contributed by atoms with Gasteiger partial charge in [-0.05, 0) is 127 Å². The second-order valence-corrected chi connectivity index (χ2v) is 25.1. The number of ether oxygens (including phenoxy) is 6. The van der Waals surface area contributed by atoms with Gasteiger partial charge in [0.15, 0.2) is 0 Å². The third kappa shape index (κ3) is 21.5. The molecular formula is C63H66N6O18S3. The van der Waals surface area contributed by atoms with Crippen LogP contribution in [-0.2, 0) is 83.5 Å². The van der Waals surface area contributed by atoms with Crippen LogP contribution >= 0.6 is 0 Å². The minimum absolute atomic E-state index is 0.0262. The summed E-state index contributed by atoms with van der Waals surface area (Å²) in [6.45, 7) is 3.07. The number of carbonyl (C=O) groups excluding carboxylic acids is 3. The molecule has 4 heterocycles. The van der Waals surface area contributed by atoms with Crippen LogP contribution in [0.5, 0.6) is 17.2 Å². The Bertz CT molecular complexity index is 3770. The zero-order valence-electron chi connectivity index (χ0n) is 50.1. The molecule has 0 spiro atoms. The fourth-order valence-corrected chi connectivity index (χ4v) is 10.8. The number of carbonyl (C=O) groups is 3. The van der Waals surface area contributed by atoms with Crippen molar-refractivity contribution in [3.05, 3.63) is 175 Å². The number of rotatable bonds is 21. The monoisotopic (exact) mass is 1290 g/mol. The molecule has 24 nitrogen and oxygen atoms in total. The molecule has 0 bridgehead atoms. The predicted molar refractivity (Wildman–Crippen MR) is 330 cm³/mol. The molecule has 0 unspecified atom stereocenters. The first kappa shape index (κ1) is 68.7. The lowest BCUT2D eigenvalue weighted by Crippen LogP contribution is -2.36. The van der Waals surface area contributed by atoms with Crippen molar-refractivity contribution in [3.63, 3.8) is 0 Å². The van der Waals surface area contributed by atoms with E-state index in [1.807, 2.05) is 0 Å². The van der Waals surface area contributed by atoms with Crippen molar-refractivity contribution in [2.24, 2.45) is 0 Å². The van der Waals surface area contributed by atoms with Gasteiger partial charge in [0.1, 0.15) is 34.3 Å². The Kier molecular flexibility index (Phi) is 24.1. The van der Waals surface area contributed by atoms with Crippen molar-refractivity contribution < 1.29 is 81.7 Å². The summed E-state index contributed by atoms with van der Waals surface area (Å²) in [7, 11) is -4.89. The van der Waals surface area contributed by atoms with E-state index in [1.165, 1.54) is 60.9 Å². The molecule has 0 atom stereocenters. The van der Waals surface area contributed by atoms with Gasteiger partial charge in [-0.1, -0.05) is 35.5 Å². The summed E-state index contributed by atoms with van der Waals surface area (Å²) in [5.74, 6) is 16.0. The van der Waals surface area contributed by atoms with Crippen molar-refractivity contribution in [2.45, 2.75) is 38.9 Å².